The van der Waals surface area contributed by atoms with Gasteiger partial charge in [0.25, 0.3) is 0 Å². The van der Waals surface area contributed by atoms with Gasteiger partial charge in [-0.2, -0.15) is 5.10 Å². The quantitative estimate of drug-likeness (QED) is 0.723. The molecule has 0 bridgehead atoms. The van der Waals surface area contributed by atoms with Crippen molar-refractivity contribution in [2.24, 2.45) is 0 Å². The first kappa shape index (κ1) is 14.0. The lowest BCUT2D eigenvalue weighted by molar-refractivity contribution is -0.137. The van der Waals surface area contributed by atoms with E-state index in [0.717, 1.165) is 24.2 Å². The van der Waals surface area contributed by atoms with E-state index in [0.29, 0.717) is 18.8 Å². The molecule has 0 aliphatic rings. The minimum Gasteiger partial charge on any atom is -0.492 e. The Morgan fingerprint density at radius 1 is 1.25 bits per heavy atom. The summed E-state index contributed by atoms with van der Waals surface area (Å²) >= 11 is 0. The summed E-state index contributed by atoms with van der Waals surface area (Å²) in [6.45, 7) is 0.574. The maximum Gasteiger partial charge on any atom is 0.303 e. The molecular formula is C14H17N3O3. The molecule has 0 aromatic carbocycles. The number of hydrogen-bond acceptors (Lipinski definition) is 4. The Hall–Kier alpha value is -2.37. The first-order valence-corrected chi connectivity index (χ1v) is 6.56. The Morgan fingerprint density at radius 3 is 2.80 bits per heavy atom. The second kappa shape index (κ2) is 7.28. The Kier molecular flexibility index (Phi) is 5.11. The smallest absolute Gasteiger partial charge is 0.303 e. The fourth-order valence-electron chi connectivity index (χ4n) is 1.77. The van der Waals surface area contributed by atoms with E-state index in [1.54, 1.807) is 12.4 Å². The lowest BCUT2D eigenvalue weighted by Gasteiger charge is -2.06. The van der Waals surface area contributed by atoms with Crippen LogP contribution in [0, 0.1) is 0 Å². The molecule has 0 spiro atoms. The van der Waals surface area contributed by atoms with Crippen molar-refractivity contribution in [1.29, 1.82) is 0 Å². The molecule has 2 heterocycles. The van der Waals surface area contributed by atoms with Gasteiger partial charge in [0.2, 0.25) is 0 Å². The lowest BCUT2D eigenvalue weighted by Crippen LogP contribution is -1.99. The van der Waals surface area contributed by atoms with Gasteiger partial charge in [0.15, 0.2) is 0 Å². The number of rotatable bonds is 8. The number of pyridine rings is 1. The highest BCUT2D eigenvalue weighted by Gasteiger charge is 2.01. The predicted octanol–water partition coefficient (Wildman–Crippen LogP) is 2.50. The van der Waals surface area contributed by atoms with Crippen LogP contribution in [0.3, 0.4) is 0 Å². The van der Waals surface area contributed by atoms with Gasteiger partial charge in [-0.15, -0.1) is 0 Å². The Balaban J connectivity index is 1.70. The normalized spacial score (nSPS) is 10.4. The number of nitrogens with one attached hydrogen (secondary N) is 1. The van der Waals surface area contributed by atoms with Gasteiger partial charge in [0, 0.05) is 12.6 Å². The molecule has 0 saturated heterocycles. The largest absolute Gasteiger partial charge is 0.492 e. The zero-order valence-corrected chi connectivity index (χ0v) is 11.1. The Morgan fingerprint density at radius 2 is 2.15 bits per heavy atom. The molecule has 0 aliphatic heterocycles. The summed E-state index contributed by atoms with van der Waals surface area (Å²) in [7, 11) is 0. The Labute approximate surface area is 116 Å². The van der Waals surface area contributed by atoms with Gasteiger partial charge in [0.05, 0.1) is 24.2 Å². The third kappa shape index (κ3) is 4.38. The SMILES string of the molecule is O=C(O)CCCCCOc1ccc(-c2ccn[nH]2)nc1. The van der Waals surface area contributed by atoms with E-state index >= 15 is 0 Å². The molecule has 20 heavy (non-hydrogen) atoms. The molecule has 0 radical (unpaired) electrons. The van der Waals surface area contributed by atoms with Crippen molar-refractivity contribution >= 4 is 5.97 Å². The van der Waals surface area contributed by atoms with Crippen LogP contribution in [0.5, 0.6) is 5.75 Å². The van der Waals surface area contributed by atoms with Gasteiger partial charge < -0.3 is 9.84 Å². The second-order valence-electron chi connectivity index (χ2n) is 4.40. The number of carboxylic acids is 1. The molecular weight excluding hydrogens is 258 g/mol. The molecule has 2 aromatic rings. The summed E-state index contributed by atoms with van der Waals surface area (Å²) in [4.78, 5) is 14.6. The van der Waals surface area contributed by atoms with E-state index in [-0.39, 0.29) is 6.42 Å². The fourth-order valence-corrected chi connectivity index (χ4v) is 1.77. The number of unbranched alkanes of at least 4 members (excludes halogenated alkanes) is 2. The van der Waals surface area contributed by atoms with E-state index in [1.165, 1.54) is 0 Å². The van der Waals surface area contributed by atoms with Gasteiger partial charge in [-0.05, 0) is 37.5 Å². The first-order chi connectivity index (χ1) is 9.75. The molecule has 2 N–H and O–H groups in total. The predicted molar refractivity (Wildman–Crippen MR) is 73.4 cm³/mol. The van der Waals surface area contributed by atoms with Gasteiger partial charge in [-0.3, -0.25) is 14.9 Å². The minimum atomic E-state index is -0.746. The molecule has 2 rings (SSSR count). The van der Waals surface area contributed by atoms with Crippen LogP contribution in [0.15, 0.2) is 30.6 Å². The van der Waals surface area contributed by atoms with Crippen molar-refractivity contribution in [3.63, 3.8) is 0 Å². The van der Waals surface area contributed by atoms with Gasteiger partial charge in [-0.25, -0.2) is 0 Å². The number of carboxylic acid groups (broad SMARTS) is 1. The van der Waals surface area contributed by atoms with Crippen LogP contribution in [0.4, 0.5) is 0 Å². The average molecular weight is 275 g/mol. The summed E-state index contributed by atoms with van der Waals surface area (Å²) in [6.07, 6.45) is 5.96. The number of ether oxygens (including phenoxy) is 1. The van der Waals surface area contributed by atoms with E-state index in [1.807, 2.05) is 18.2 Å². The molecule has 106 valence electrons. The number of nitrogens with zero attached hydrogens (tertiary/aromatic N) is 2. The number of carbonyl (C=O) groups is 1. The van der Waals surface area contributed by atoms with Crippen LogP contribution in [0.1, 0.15) is 25.7 Å². The number of H-pyrrole nitrogens is 1. The maximum absolute atomic E-state index is 10.3. The summed E-state index contributed by atoms with van der Waals surface area (Å²) in [5.41, 5.74) is 1.68. The van der Waals surface area contributed by atoms with Crippen LogP contribution in [0.2, 0.25) is 0 Å². The number of aromatic nitrogens is 3. The van der Waals surface area contributed by atoms with Crippen LogP contribution >= 0.6 is 0 Å². The molecule has 0 fully saturated rings. The fraction of sp³-hybridized carbons (Fsp3) is 0.357. The van der Waals surface area contributed by atoms with Crippen molar-refractivity contribution in [2.75, 3.05) is 6.61 Å². The van der Waals surface area contributed by atoms with E-state index in [2.05, 4.69) is 15.2 Å². The van der Waals surface area contributed by atoms with E-state index in [9.17, 15) is 4.79 Å². The monoisotopic (exact) mass is 275 g/mol. The van der Waals surface area contributed by atoms with Crippen molar-refractivity contribution in [3.05, 3.63) is 30.6 Å². The molecule has 0 saturated carbocycles. The summed E-state index contributed by atoms with van der Waals surface area (Å²) in [5.74, 6) is -0.0315. The summed E-state index contributed by atoms with van der Waals surface area (Å²) < 4.78 is 5.55. The molecule has 6 heteroatoms. The van der Waals surface area contributed by atoms with Gasteiger partial charge in [0.1, 0.15) is 5.75 Å². The van der Waals surface area contributed by atoms with Crippen LogP contribution in [0.25, 0.3) is 11.4 Å². The van der Waals surface area contributed by atoms with Crippen molar-refractivity contribution < 1.29 is 14.6 Å². The summed E-state index contributed by atoms with van der Waals surface area (Å²) in [6, 6.07) is 5.58. The highest BCUT2D eigenvalue weighted by atomic mass is 16.5. The van der Waals surface area contributed by atoms with E-state index in [4.69, 9.17) is 9.84 Å². The molecule has 2 aromatic heterocycles. The molecule has 0 atom stereocenters. The Bertz CT molecular complexity index is 523. The molecule has 0 aliphatic carbocycles. The van der Waals surface area contributed by atoms with Gasteiger partial charge in [-0.1, -0.05) is 0 Å². The van der Waals surface area contributed by atoms with Crippen molar-refractivity contribution in [3.8, 4) is 17.1 Å². The van der Waals surface area contributed by atoms with Crippen LogP contribution in [-0.2, 0) is 4.79 Å². The minimum absolute atomic E-state index is 0.223. The zero-order valence-electron chi connectivity index (χ0n) is 11.1. The highest BCUT2D eigenvalue weighted by Crippen LogP contribution is 2.17. The number of hydrogen-bond donors (Lipinski definition) is 2. The summed E-state index contributed by atoms with van der Waals surface area (Å²) in [5, 5.41) is 15.2. The average Bonchev–Trinajstić information content (AvgIpc) is 2.97. The third-order valence-electron chi connectivity index (χ3n) is 2.82. The maximum atomic E-state index is 10.3. The molecule has 0 unspecified atom stereocenters. The van der Waals surface area contributed by atoms with Gasteiger partial charge >= 0.3 is 5.97 Å². The molecule has 6 nitrogen and oxygen atoms in total. The van der Waals surface area contributed by atoms with Crippen LogP contribution < -0.4 is 4.74 Å². The zero-order chi connectivity index (χ0) is 14.2. The second-order valence-corrected chi connectivity index (χ2v) is 4.40. The number of aromatic amines is 1. The highest BCUT2D eigenvalue weighted by molar-refractivity contribution is 5.66. The van der Waals surface area contributed by atoms with Crippen molar-refractivity contribution in [1.82, 2.24) is 15.2 Å². The lowest BCUT2D eigenvalue weighted by atomic mass is 10.2. The van der Waals surface area contributed by atoms with E-state index < -0.39 is 5.97 Å². The standard InChI is InChI=1S/C14H17N3O3/c18-14(19)4-2-1-3-9-20-11-5-6-12(15-10-11)13-7-8-16-17-13/h5-8,10H,1-4,9H2,(H,16,17)(H,18,19). The van der Waals surface area contributed by atoms with Crippen molar-refractivity contribution in [2.45, 2.75) is 25.7 Å². The first-order valence-electron chi connectivity index (χ1n) is 6.56. The van der Waals surface area contributed by atoms with Crippen LogP contribution in [-0.4, -0.2) is 32.9 Å². The molecule has 0 amide bonds. The number of aliphatic carboxylic acids is 1. The topological polar surface area (TPSA) is 88.1 Å². The third-order valence-corrected chi connectivity index (χ3v) is 2.82.